The molecule has 1 aliphatic heterocycles. The molecule has 0 radical (unpaired) electrons. The zero-order valence-corrected chi connectivity index (χ0v) is 16.5. The van der Waals surface area contributed by atoms with Crippen LogP contribution in [0.15, 0.2) is 10.5 Å². The normalized spacial score (nSPS) is 25.8. The lowest BCUT2D eigenvalue weighted by atomic mass is 9.80. The topological polar surface area (TPSA) is 18.5 Å². The number of methoxy groups -OCH3 is 1. The second-order valence-electron chi connectivity index (χ2n) is 6.52. The summed E-state index contributed by atoms with van der Waals surface area (Å²) in [5.41, 5.74) is 3.96. The molecule has 0 spiro atoms. The molecule has 0 aromatic heterocycles. The number of rotatable bonds is 3. The van der Waals surface area contributed by atoms with Crippen molar-refractivity contribution in [2.24, 2.45) is 5.92 Å². The predicted octanol–water partition coefficient (Wildman–Crippen LogP) is 5.72. The molecule has 122 valence electrons. The van der Waals surface area contributed by atoms with E-state index >= 15 is 0 Å². The molecule has 2 atom stereocenters. The minimum Gasteiger partial charge on any atom is -0.495 e. The molecule has 0 bridgehead atoms. The van der Waals surface area contributed by atoms with Crippen LogP contribution in [0.25, 0.3) is 0 Å². The quantitative estimate of drug-likeness (QED) is 0.569. The molecule has 2 aliphatic rings. The molecule has 22 heavy (non-hydrogen) atoms. The van der Waals surface area contributed by atoms with Crippen molar-refractivity contribution in [3.8, 4) is 5.75 Å². The second kappa shape index (κ2) is 7.23. The van der Waals surface area contributed by atoms with Crippen LogP contribution in [0.5, 0.6) is 5.75 Å². The van der Waals surface area contributed by atoms with Crippen LogP contribution in [0.4, 0.5) is 0 Å². The highest BCUT2D eigenvalue weighted by Gasteiger charge is 2.35. The minimum absolute atomic E-state index is 0.137. The highest BCUT2D eigenvalue weighted by molar-refractivity contribution is 9.10. The Morgan fingerprint density at radius 1 is 1.27 bits per heavy atom. The maximum atomic E-state index is 6.50. The number of hydrogen-bond acceptors (Lipinski definition) is 2. The van der Waals surface area contributed by atoms with Crippen LogP contribution in [0.2, 0.25) is 0 Å². The summed E-state index contributed by atoms with van der Waals surface area (Å²) in [7, 11) is 1.77. The van der Waals surface area contributed by atoms with Crippen molar-refractivity contribution < 1.29 is 9.47 Å². The minimum atomic E-state index is 0.137. The van der Waals surface area contributed by atoms with Gasteiger partial charge in [0, 0.05) is 17.3 Å². The van der Waals surface area contributed by atoms with Gasteiger partial charge in [0.25, 0.3) is 0 Å². The van der Waals surface area contributed by atoms with Gasteiger partial charge in [0.1, 0.15) is 5.75 Å². The summed E-state index contributed by atoms with van der Waals surface area (Å²) in [6.07, 6.45) is 8.16. The summed E-state index contributed by atoms with van der Waals surface area (Å²) < 4.78 is 13.3. The van der Waals surface area contributed by atoms with Gasteiger partial charge >= 0.3 is 0 Å². The zero-order valence-electron chi connectivity index (χ0n) is 13.3. The molecule has 1 aromatic rings. The van der Waals surface area contributed by atoms with Crippen molar-refractivity contribution in [1.82, 2.24) is 0 Å². The number of hydrogen-bond donors (Lipinski definition) is 0. The lowest BCUT2D eigenvalue weighted by Gasteiger charge is -2.39. The molecule has 1 heterocycles. The van der Waals surface area contributed by atoms with E-state index in [1.807, 2.05) is 0 Å². The zero-order chi connectivity index (χ0) is 15.7. The van der Waals surface area contributed by atoms with Gasteiger partial charge in [-0.05, 0) is 58.8 Å². The van der Waals surface area contributed by atoms with Crippen LogP contribution in [0.1, 0.15) is 54.9 Å². The number of fused-ring (bicyclic) bond motifs is 1. The Morgan fingerprint density at radius 2 is 2.00 bits per heavy atom. The summed E-state index contributed by atoms with van der Waals surface area (Å²) in [6.45, 7) is 2.17. The molecular weight excluding hydrogens is 408 g/mol. The van der Waals surface area contributed by atoms with Crippen molar-refractivity contribution in [2.45, 2.75) is 57.7 Å². The first kappa shape index (κ1) is 16.8. The molecule has 2 nitrogen and oxygen atoms in total. The van der Waals surface area contributed by atoms with Crippen molar-refractivity contribution in [3.05, 3.63) is 27.2 Å². The number of ether oxygens (including phenoxy) is 2. The molecule has 1 saturated carbocycles. The Bertz CT molecular complexity index is 538. The molecule has 1 fully saturated rings. The monoisotopic (exact) mass is 430 g/mol. The summed E-state index contributed by atoms with van der Waals surface area (Å²) in [6, 6.07) is 2.15. The summed E-state index contributed by atoms with van der Waals surface area (Å²) in [4.78, 5) is 0. The van der Waals surface area contributed by atoms with E-state index in [1.54, 1.807) is 7.11 Å². The number of alkyl halides is 1. The lowest BCUT2D eigenvalue weighted by Crippen LogP contribution is -2.35. The van der Waals surface area contributed by atoms with Gasteiger partial charge in [0.15, 0.2) is 0 Å². The fourth-order valence-corrected chi connectivity index (χ4v) is 5.36. The summed E-state index contributed by atoms with van der Waals surface area (Å²) in [5, 5.41) is 0.842. The SMILES string of the molecule is COc1c(Br)cc(C)c2c1CC(C1CCCCC1)OC2CBr. The fraction of sp³-hybridized carbons (Fsp3) is 0.667. The van der Waals surface area contributed by atoms with Crippen LogP contribution in [-0.2, 0) is 11.2 Å². The van der Waals surface area contributed by atoms with Gasteiger partial charge in [-0.1, -0.05) is 35.2 Å². The van der Waals surface area contributed by atoms with Gasteiger partial charge in [0.2, 0.25) is 0 Å². The van der Waals surface area contributed by atoms with Crippen molar-refractivity contribution in [3.63, 3.8) is 0 Å². The van der Waals surface area contributed by atoms with Crippen LogP contribution < -0.4 is 4.74 Å². The fourth-order valence-electron chi connectivity index (χ4n) is 4.14. The van der Waals surface area contributed by atoms with Crippen LogP contribution in [-0.4, -0.2) is 18.5 Å². The van der Waals surface area contributed by atoms with Gasteiger partial charge in [-0.3, -0.25) is 0 Å². The molecule has 1 aromatic carbocycles. The molecule has 1 aliphatic carbocycles. The van der Waals surface area contributed by atoms with E-state index in [1.165, 1.54) is 48.8 Å². The smallest absolute Gasteiger partial charge is 0.136 e. The van der Waals surface area contributed by atoms with Crippen LogP contribution in [0.3, 0.4) is 0 Å². The molecular formula is C18H24Br2O2. The second-order valence-corrected chi connectivity index (χ2v) is 8.02. The van der Waals surface area contributed by atoms with Gasteiger partial charge < -0.3 is 9.47 Å². The molecule has 2 unspecified atom stereocenters. The van der Waals surface area contributed by atoms with Gasteiger partial charge in [-0.15, -0.1) is 0 Å². The maximum Gasteiger partial charge on any atom is 0.136 e. The maximum absolute atomic E-state index is 6.50. The van der Waals surface area contributed by atoms with Crippen LogP contribution >= 0.6 is 31.9 Å². The Kier molecular flexibility index (Phi) is 5.51. The van der Waals surface area contributed by atoms with E-state index in [-0.39, 0.29) is 6.10 Å². The molecule has 0 amide bonds. The molecule has 0 saturated heterocycles. The Labute approximate surface area is 150 Å². The predicted molar refractivity (Wildman–Crippen MR) is 97.1 cm³/mol. The number of aryl methyl sites for hydroxylation is 1. The van der Waals surface area contributed by atoms with E-state index in [0.717, 1.165) is 22.0 Å². The van der Waals surface area contributed by atoms with E-state index in [9.17, 15) is 0 Å². The molecule has 3 rings (SSSR count). The lowest BCUT2D eigenvalue weighted by molar-refractivity contribution is -0.0532. The number of benzene rings is 1. The van der Waals surface area contributed by atoms with E-state index in [2.05, 4.69) is 44.8 Å². The van der Waals surface area contributed by atoms with E-state index in [4.69, 9.17) is 9.47 Å². The average molecular weight is 432 g/mol. The van der Waals surface area contributed by atoms with E-state index < -0.39 is 0 Å². The number of halogens is 2. The average Bonchev–Trinajstić information content (AvgIpc) is 2.54. The Hall–Kier alpha value is -0.0600. The van der Waals surface area contributed by atoms with E-state index in [0.29, 0.717) is 12.0 Å². The largest absolute Gasteiger partial charge is 0.495 e. The molecule has 4 heteroatoms. The Morgan fingerprint density at radius 3 is 2.64 bits per heavy atom. The van der Waals surface area contributed by atoms with Crippen molar-refractivity contribution >= 4 is 31.9 Å². The van der Waals surface area contributed by atoms with Gasteiger partial charge in [0.05, 0.1) is 23.8 Å². The van der Waals surface area contributed by atoms with Crippen LogP contribution in [0, 0.1) is 12.8 Å². The highest BCUT2D eigenvalue weighted by Crippen LogP contribution is 2.45. The third-order valence-electron chi connectivity index (χ3n) is 5.17. The highest BCUT2D eigenvalue weighted by atomic mass is 79.9. The first-order chi connectivity index (χ1) is 10.7. The first-order valence-corrected chi connectivity index (χ1v) is 10.1. The Balaban J connectivity index is 1.98. The summed E-state index contributed by atoms with van der Waals surface area (Å²) in [5.74, 6) is 1.70. The van der Waals surface area contributed by atoms with Crippen molar-refractivity contribution in [1.29, 1.82) is 0 Å². The standard InChI is InChI=1S/C18H24Br2O2/c1-11-8-14(20)18(21-2)13-9-15(12-6-4-3-5-7-12)22-16(10-19)17(11)13/h8,12,15-16H,3-7,9-10H2,1-2H3. The third kappa shape index (κ3) is 3.11. The van der Waals surface area contributed by atoms with Crippen molar-refractivity contribution in [2.75, 3.05) is 12.4 Å². The van der Waals surface area contributed by atoms with Gasteiger partial charge in [-0.2, -0.15) is 0 Å². The summed E-state index contributed by atoms with van der Waals surface area (Å²) >= 11 is 7.32. The van der Waals surface area contributed by atoms with Gasteiger partial charge in [-0.25, -0.2) is 0 Å². The molecule has 0 N–H and O–H groups in total. The first-order valence-electron chi connectivity index (χ1n) is 8.23. The third-order valence-corrected chi connectivity index (χ3v) is 6.35.